The second-order valence-corrected chi connectivity index (χ2v) is 4.67. The summed E-state index contributed by atoms with van der Waals surface area (Å²) in [5.74, 6) is 0. The van der Waals surface area contributed by atoms with E-state index in [9.17, 15) is 10.1 Å². The van der Waals surface area contributed by atoms with Crippen LogP contribution in [0, 0.1) is 4.91 Å². The number of nitroso groups, excluding NO2 is 1. The van der Waals surface area contributed by atoms with Gasteiger partial charge >= 0.3 is 0 Å². The van der Waals surface area contributed by atoms with Gasteiger partial charge in [0.05, 0.1) is 11.7 Å². The smallest absolute Gasteiger partial charge is 0.104 e. The molecular formula is C16H18N2O2. The number of hydrogen-bond donors (Lipinski definition) is 1. The zero-order valence-corrected chi connectivity index (χ0v) is 11.2. The molecule has 104 valence electrons. The Morgan fingerprint density at radius 1 is 1.00 bits per heavy atom. The number of anilines is 1. The largest absolute Gasteiger partial charge is 0.288 e. The van der Waals surface area contributed by atoms with Gasteiger partial charge in [-0.3, -0.25) is 10.3 Å². The Morgan fingerprint density at radius 3 is 2.20 bits per heavy atom. The van der Waals surface area contributed by atoms with E-state index >= 15 is 0 Å². The average Bonchev–Trinajstić information content (AvgIpc) is 2.52. The molecule has 0 bridgehead atoms. The summed E-state index contributed by atoms with van der Waals surface area (Å²) in [6.45, 7) is 0.0677. The molecule has 1 N–H and O–H groups in total. The molecule has 0 heterocycles. The van der Waals surface area contributed by atoms with Gasteiger partial charge in [-0.25, -0.2) is 0 Å². The fourth-order valence-corrected chi connectivity index (χ4v) is 2.15. The van der Waals surface area contributed by atoms with E-state index in [-0.39, 0.29) is 12.6 Å². The number of rotatable bonds is 7. The molecule has 0 aliphatic heterocycles. The van der Waals surface area contributed by atoms with E-state index in [4.69, 9.17) is 0 Å². The molecule has 0 saturated heterocycles. The first-order valence-electron chi connectivity index (χ1n) is 6.67. The van der Waals surface area contributed by atoms with Crippen molar-refractivity contribution < 1.29 is 5.21 Å². The number of hydrogen-bond acceptors (Lipinski definition) is 4. The molecule has 0 saturated carbocycles. The second kappa shape index (κ2) is 7.40. The standard InChI is InChI=1S/C16H18N2O2/c19-17-13-16(12-11-14-7-3-1-4-8-14)18(20)15-9-5-2-6-10-15/h1-10,16,20H,11-13H2. The fourth-order valence-electron chi connectivity index (χ4n) is 2.15. The Bertz CT molecular complexity index is 517. The molecule has 0 fully saturated rings. The molecule has 2 rings (SSSR count). The average molecular weight is 270 g/mol. The highest BCUT2D eigenvalue weighted by Gasteiger charge is 2.17. The highest BCUT2D eigenvalue weighted by molar-refractivity contribution is 5.44. The number of benzene rings is 2. The van der Waals surface area contributed by atoms with Gasteiger partial charge in [0.25, 0.3) is 0 Å². The first-order valence-corrected chi connectivity index (χ1v) is 6.67. The molecule has 2 aromatic carbocycles. The van der Waals surface area contributed by atoms with Gasteiger partial charge in [0.15, 0.2) is 0 Å². The summed E-state index contributed by atoms with van der Waals surface area (Å²) in [5.41, 5.74) is 1.86. The van der Waals surface area contributed by atoms with Crippen LogP contribution in [0.25, 0.3) is 0 Å². The molecule has 0 aromatic heterocycles. The molecule has 0 radical (unpaired) electrons. The molecule has 1 atom stereocenters. The van der Waals surface area contributed by atoms with Crippen LogP contribution in [0.4, 0.5) is 5.69 Å². The minimum absolute atomic E-state index is 0.0677. The third-order valence-corrected chi connectivity index (χ3v) is 3.26. The molecule has 4 nitrogen and oxygen atoms in total. The van der Waals surface area contributed by atoms with Gasteiger partial charge < -0.3 is 0 Å². The van der Waals surface area contributed by atoms with E-state index < -0.39 is 0 Å². The van der Waals surface area contributed by atoms with Crippen LogP contribution in [0.5, 0.6) is 0 Å². The predicted molar refractivity (Wildman–Crippen MR) is 79.9 cm³/mol. The lowest BCUT2D eigenvalue weighted by Gasteiger charge is -2.25. The quantitative estimate of drug-likeness (QED) is 0.617. The maximum absolute atomic E-state index is 10.6. The number of aryl methyl sites for hydroxylation is 1. The van der Waals surface area contributed by atoms with Gasteiger partial charge in [-0.2, -0.15) is 4.91 Å². The first kappa shape index (κ1) is 14.2. The molecule has 0 spiro atoms. The lowest BCUT2D eigenvalue weighted by Crippen LogP contribution is -2.35. The Morgan fingerprint density at radius 2 is 1.60 bits per heavy atom. The molecular weight excluding hydrogens is 252 g/mol. The van der Waals surface area contributed by atoms with Crippen molar-refractivity contribution in [2.45, 2.75) is 18.9 Å². The van der Waals surface area contributed by atoms with Crippen molar-refractivity contribution in [1.82, 2.24) is 0 Å². The summed E-state index contributed by atoms with van der Waals surface area (Å²) in [7, 11) is 0. The van der Waals surface area contributed by atoms with E-state index in [2.05, 4.69) is 5.18 Å². The predicted octanol–water partition coefficient (Wildman–Crippen LogP) is 3.65. The van der Waals surface area contributed by atoms with Crippen molar-refractivity contribution in [3.8, 4) is 0 Å². The van der Waals surface area contributed by atoms with Crippen molar-refractivity contribution in [2.75, 3.05) is 11.6 Å². The van der Waals surface area contributed by atoms with Crippen LogP contribution < -0.4 is 5.06 Å². The lowest BCUT2D eigenvalue weighted by molar-refractivity contribution is 0.212. The van der Waals surface area contributed by atoms with E-state index in [1.807, 2.05) is 48.5 Å². The zero-order valence-electron chi connectivity index (χ0n) is 11.2. The van der Waals surface area contributed by atoms with Crippen LogP contribution in [-0.4, -0.2) is 17.8 Å². The SMILES string of the molecule is O=NCC(CCc1ccccc1)N(O)c1ccccc1. The van der Waals surface area contributed by atoms with Crippen molar-refractivity contribution in [3.63, 3.8) is 0 Å². The molecule has 2 aromatic rings. The topological polar surface area (TPSA) is 52.9 Å². The van der Waals surface area contributed by atoms with Crippen molar-refractivity contribution in [3.05, 3.63) is 71.1 Å². The monoisotopic (exact) mass is 270 g/mol. The second-order valence-electron chi connectivity index (χ2n) is 4.67. The zero-order chi connectivity index (χ0) is 14.2. The molecule has 20 heavy (non-hydrogen) atoms. The fraction of sp³-hybridized carbons (Fsp3) is 0.250. The summed E-state index contributed by atoms with van der Waals surface area (Å²) in [6, 6.07) is 18.9. The van der Waals surface area contributed by atoms with E-state index in [0.717, 1.165) is 11.5 Å². The molecule has 1 unspecified atom stereocenters. The Hall–Kier alpha value is -2.20. The summed E-state index contributed by atoms with van der Waals surface area (Å²) < 4.78 is 0. The van der Waals surface area contributed by atoms with Gasteiger partial charge in [-0.05, 0) is 30.5 Å². The summed E-state index contributed by atoms with van der Waals surface area (Å²) in [4.78, 5) is 10.6. The van der Waals surface area contributed by atoms with Crippen LogP contribution in [0.1, 0.15) is 12.0 Å². The minimum atomic E-state index is -0.310. The molecule has 4 heteroatoms. The van der Waals surface area contributed by atoms with Gasteiger partial charge in [-0.1, -0.05) is 53.7 Å². The summed E-state index contributed by atoms with van der Waals surface area (Å²) in [5, 5.41) is 14.3. The molecule has 0 aliphatic carbocycles. The Kier molecular flexibility index (Phi) is 5.26. The highest BCUT2D eigenvalue weighted by atomic mass is 16.5. The highest BCUT2D eigenvalue weighted by Crippen LogP contribution is 2.17. The molecule has 0 amide bonds. The normalized spacial score (nSPS) is 11.8. The van der Waals surface area contributed by atoms with Crippen LogP contribution in [0.2, 0.25) is 0 Å². The van der Waals surface area contributed by atoms with Crippen LogP contribution >= 0.6 is 0 Å². The van der Waals surface area contributed by atoms with Crippen LogP contribution in [0.3, 0.4) is 0 Å². The maximum Gasteiger partial charge on any atom is 0.104 e. The number of nitrogens with zero attached hydrogens (tertiary/aromatic N) is 2. The van der Waals surface area contributed by atoms with Crippen molar-refractivity contribution in [2.24, 2.45) is 5.18 Å². The van der Waals surface area contributed by atoms with Crippen LogP contribution in [-0.2, 0) is 6.42 Å². The third kappa shape index (κ3) is 3.90. The summed E-state index contributed by atoms with van der Waals surface area (Å²) in [6.07, 6.45) is 1.46. The Labute approximate surface area is 118 Å². The minimum Gasteiger partial charge on any atom is -0.288 e. The van der Waals surface area contributed by atoms with E-state index in [1.54, 1.807) is 12.1 Å². The van der Waals surface area contributed by atoms with Crippen molar-refractivity contribution in [1.29, 1.82) is 0 Å². The van der Waals surface area contributed by atoms with E-state index in [0.29, 0.717) is 12.1 Å². The van der Waals surface area contributed by atoms with Gasteiger partial charge in [0.2, 0.25) is 0 Å². The third-order valence-electron chi connectivity index (χ3n) is 3.26. The van der Waals surface area contributed by atoms with Crippen LogP contribution in [0.15, 0.2) is 65.8 Å². The number of hydroxylamine groups is 1. The first-order chi connectivity index (χ1) is 9.81. The lowest BCUT2D eigenvalue weighted by atomic mass is 10.0. The van der Waals surface area contributed by atoms with Crippen molar-refractivity contribution >= 4 is 5.69 Å². The van der Waals surface area contributed by atoms with Gasteiger partial charge in [0, 0.05) is 0 Å². The Balaban J connectivity index is 2.01. The molecule has 0 aliphatic rings. The van der Waals surface area contributed by atoms with Gasteiger partial charge in [0.1, 0.15) is 6.54 Å². The number of para-hydroxylation sites is 1. The summed E-state index contributed by atoms with van der Waals surface area (Å²) >= 11 is 0. The van der Waals surface area contributed by atoms with E-state index in [1.165, 1.54) is 5.56 Å². The maximum atomic E-state index is 10.6. The van der Waals surface area contributed by atoms with Gasteiger partial charge in [-0.15, -0.1) is 0 Å².